The Bertz CT molecular complexity index is 5700. The molecule has 0 spiro atoms. The van der Waals surface area contributed by atoms with Crippen LogP contribution in [0.3, 0.4) is 0 Å². The van der Waals surface area contributed by atoms with Gasteiger partial charge in [-0.2, -0.15) is 26.3 Å². The van der Waals surface area contributed by atoms with Crippen molar-refractivity contribution in [3.05, 3.63) is 464 Å². The van der Waals surface area contributed by atoms with Crippen molar-refractivity contribution in [2.75, 3.05) is 0 Å². The minimum Gasteiger partial charge on any atom is -0.457 e. The molecule has 0 aliphatic heterocycles. The van der Waals surface area contributed by atoms with Crippen LogP contribution in [0.25, 0.3) is 11.1 Å². The lowest BCUT2D eigenvalue weighted by molar-refractivity contribution is -0.288. The summed E-state index contributed by atoms with van der Waals surface area (Å²) in [5.41, 5.74) is 15.8. The Morgan fingerprint density at radius 2 is 0.366 bits per heavy atom. The van der Waals surface area contributed by atoms with Crippen LogP contribution >= 0.6 is 0 Å². The summed E-state index contributed by atoms with van der Waals surface area (Å²) >= 11 is 0. The number of rotatable bonds is 15. The molecule has 0 aromatic heterocycles. The third-order valence-corrected chi connectivity index (χ3v) is 22.1. The van der Waals surface area contributed by atoms with E-state index in [0.717, 1.165) is 81.8 Å². The van der Waals surface area contributed by atoms with E-state index in [4.69, 9.17) is 18.9 Å². The molecule has 0 unspecified atom stereocenters. The highest BCUT2D eigenvalue weighted by atomic mass is 32.2. The van der Waals surface area contributed by atoms with Gasteiger partial charge in [-0.05, 0) is 252 Å². The average Bonchev–Trinajstić information content (AvgIpc) is 0.715. The maximum atomic E-state index is 14.1. The average molecular weight is 1670 g/mol. The van der Waals surface area contributed by atoms with Crippen LogP contribution in [0.2, 0.25) is 0 Å². The molecule has 13 heteroatoms. The molecule has 0 saturated heterocycles. The van der Waals surface area contributed by atoms with E-state index < -0.39 is 38.7 Å². The first-order valence-electron chi connectivity index (χ1n) is 40.6. The molecule has 0 N–H and O–H groups in total. The molecule has 0 fully saturated rings. The maximum absolute atomic E-state index is 14.1. The lowest BCUT2D eigenvalue weighted by Gasteiger charge is -2.38. The van der Waals surface area contributed by atoms with Gasteiger partial charge in [0.1, 0.15) is 46.0 Å². The first-order chi connectivity index (χ1) is 58.4. The molecule has 0 aliphatic rings. The number of halogens is 6. The third-order valence-electron chi connectivity index (χ3n) is 20.3. The molecular weight excluding hydrogens is 1560 g/mol. The molecule has 0 atom stereocenters. The molecule has 0 aliphatic carbocycles. The van der Waals surface area contributed by atoms with Crippen LogP contribution in [-0.2, 0) is 20.7 Å². The third kappa shape index (κ3) is 28.0. The standard InChI is InChI=1S/C23H18F6O.C23H24O.C20H18O3S.C14H14O.C14H14.2C8H10/c1-15-3-7-17(8-4-15)21(22(24,25)26,23(27,28)29)18-9-13-20(14-10-18)30-19-11-5-16(2)6-12-19;1-17-5-9-19(10-6-17)23(3,4)20-11-15-22(16-12-20)24-21-13-7-18(2)8-14-21;1-15-3-7-17(8-4-15)23-18-9-13-20(14-10-18)24(21,22)19-11-5-16(2)6-12-19;1-11-3-7-13(8-4-11)15-14-9-5-12(2)6-10-14;1-11-3-7-13(8-4-11)14-9-5-12(2)6-10-14;1-7-3-5-8(2)6-4-7;1-7-4-3-5-8(2)6-7/h3-14H,1-2H3;5-16H,1-4H3;3-14H,1-2H3;3-10H,1-2H3;3-10H,1-2H3;2*3-6H,1-2H3. The van der Waals surface area contributed by atoms with Crippen LogP contribution in [0.15, 0.2) is 374 Å². The summed E-state index contributed by atoms with van der Waals surface area (Å²) < 4.78 is 133. The molecule has 123 heavy (non-hydrogen) atoms. The van der Waals surface area contributed by atoms with Crippen LogP contribution in [0.1, 0.15) is 114 Å². The highest BCUT2D eigenvalue weighted by Crippen LogP contribution is 2.56. The van der Waals surface area contributed by atoms with Crippen molar-refractivity contribution in [1.82, 2.24) is 0 Å². The highest BCUT2D eigenvalue weighted by molar-refractivity contribution is 7.91. The summed E-state index contributed by atoms with van der Waals surface area (Å²) in [6, 6.07) is 111. The van der Waals surface area contributed by atoms with Crippen LogP contribution < -0.4 is 18.9 Å². The zero-order chi connectivity index (χ0) is 89.1. The molecule has 6 nitrogen and oxygen atoms in total. The first kappa shape index (κ1) is 93.9. The summed E-state index contributed by atoms with van der Waals surface area (Å²) in [4.78, 5) is 0.544. The zero-order valence-electron chi connectivity index (χ0n) is 72.8. The SMILES string of the molecule is Cc1ccc(-c2ccc(C)cc2)cc1.Cc1ccc(C)cc1.Cc1ccc(Oc2ccc(C(C)(C)c3ccc(C)cc3)cc2)cc1.Cc1ccc(Oc2ccc(C(c3ccc(C)cc3)(C(F)(F)F)C(F)(F)F)cc2)cc1.Cc1ccc(Oc2ccc(C)cc2)cc1.Cc1ccc(Oc2ccc(S(=O)(=O)c3ccc(C)cc3)cc2)cc1.Cc1cccc(C)c1. The Balaban J connectivity index is 0.000000170. The second kappa shape index (κ2) is 43.5. The van der Waals surface area contributed by atoms with Crippen LogP contribution in [0, 0.1) is 96.9 Å². The number of hydrogen-bond acceptors (Lipinski definition) is 6. The fraction of sp³-hybridized carbons (Fsp3) is 0.182. The Hall–Kier alpha value is -13.0. The second-order valence-corrected chi connectivity index (χ2v) is 33.4. The van der Waals surface area contributed by atoms with Gasteiger partial charge >= 0.3 is 12.4 Å². The minimum atomic E-state index is -5.61. The van der Waals surface area contributed by atoms with Gasteiger partial charge in [-0.1, -0.05) is 334 Å². The molecule has 632 valence electrons. The Morgan fingerprint density at radius 3 is 0.585 bits per heavy atom. The minimum absolute atomic E-state index is 0.0317. The van der Waals surface area contributed by atoms with Crippen molar-refractivity contribution in [3.8, 4) is 57.1 Å². The van der Waals surface area contributed by atoms with Gasteiger partial charge in [0.15, 0.2) is 0 Å². The molecule has 15 rings (SSSR count). The van der Waals surface area contributed by atoms with Crippen molar-refractivity contribution in [1.29, 1.82) is 0 Å². The van der Waals surface area contributed by atoms with Crippen molar-refractivity contribution in [2.24, 2.45) is 0 Å². The monoisotopic (exact) mass is 1670 g/mol. The predicted octanol–water partition coefficient (Wildman–Crippen LogP) is 31.5. The van der Waals surface area contributed by atoms with E-state index in [0.29, 0.717) is 22.0 Å². The second-order valence-electron chi connectivity index (χ2n) is 31.5. The molecule has 0 saturated carbocycles. The molecule has 0 radical (unpaired) electrons. The Labute approximate surface area is 724 Å². The lowest BCUT2D eigenvalue weighted by Crippen LogP contribution is -2.54. The molecule has 0 bridgehead atoms. The Morgan fingerprint density at radius 1 is 0.203 bits per heavy atom. The van der Waals surface area contributed by atoms with Gasteiger partial charge in [0.05, 0.1) is 9.79 Å². The molecule has 15 aromatic rings. The summed E-state index contributed by atoms with van der Waals surface area (Å²) in [7, 11) is -3.51. The fourth-order valence-electron chi connectivity index (χ4n) is 12.7. The Kier molecular flexibility index (Phi) is 33.2. The molecule has 15 aromatic carbocycles. The first-order valence-corrected chi connectivity index (χ1v) is 42.1. The van der Waals surface area contributed by atoms with Gasteiger partial charge in [0.25, 0.3) is 0 Å². The largest absolute Gasteiger partial charge is 0.457 e. The number of sulfone groups is 1. The number of alkyl halides is 6. The zero-order valence-corrected chi connectivity index (χ0v) is 73.6. The van der Waals surface area contributed by atoms with Gasteiger partial charge in [0, 0.05) is 5.41 Å². The van der Waals surface area contributed by atoms with Crippen LogP contribution in [0.4, 0.5) is 26.3 Å². The van der Waals surface area contributed by atoms with Crippen molar-refractivity contribution < 1.29 is 53.7 Å². The summed E-state index contributed by atoms with van der Waals surface area (Å²) in [6.07, 6.45) is -11.2. The molecule has 0 amide bonds. The van der Waals surface area contributed by atoms with Gasteiger partial charge in [-0.3, -0.25) is 0 Å². The summed E-state index contributed by atoms with van der Waals surface area (Å²) in [5.74, 6) is 5.35. The van der Waals surface area contributed by atoms with E-state index in [1.807, 2.05) is 118 Å². The number of hydrogen-bond donors (Lipinski definition) is 0. The van der Waals surface area contributed by atoms with E-state index in [-0.39, 0.29) is 16.1 Å². The summed E-state index contributed by atoms with van der Waals surface area (Å²) in [5, 5.41) is 0. The maximum Gasteiger partial charge on any atom is 0.411 e. The van der Waals surface area contributed by atoms with E-state index in [9.17, 15) is 34.8 Å². The van der Waals surface area contributed by atoms with Gasteiger partial charge in [-0.25, -0.2) is 8.42 Å². The smallest absolute Gasteiger partial charge is 0.411 e. The van der Waals surface area contributed by atoms with Crippen molar-refractivity contribution in [3.63, 3.8) is 0 Å². The molecular formula is C110H108F6O6S. The fourth-order valence-corrected chi connectivity index (χ4v) is 13.9. The lowest BCUT2D eigenvalue weighted by atomic mass is 9.72. The molecule has 0 heterocycles. The predicted molar refractivity (Wildman–Crippen MR) is 493 cm³/mol. The van der Waals surface area contributed by atoms with Crippen LogP contribution in [-0.4, -0.2) is 20.8 Å². The number of aryl methyl sites for hydroxylation is 14. The van der Waals surface area contributed by atoms with Crippen LogP contribution in [0.5, 0.6) is 46.0 Å². The normalized spacial score (nSPS) is 11.1. The van der Waals surface area contributed by atoms with E-state index in [2.05, 4.69) is 229 Å². The summed E-state index contributed by atoms with van der Waals surface area (Å²) in [6.45, 7) is 32.9. The highest BCUT2D eigenvalue weighted by Gasteiger charge is 2.72. The van der Waals surface area contributed by atoms with Gasteiger partial charge in [0.2, 0.25) is 15.3 Å². The quantitative estimate of drug-likeness (QED) is 0.0953. The van der Waals surface area contributed by atoms with Gasteiger partial charge in [-0.15, -0.1) is 0 Å². The van der Waals surface area contributed by atoms with E-state index in [1.54, 1.807) is 79.7 Å². The van der Waals surface area contributed by atoms with Crippen molar-refractivity contribution >= 4 is 9.84 Å². The van der Waals surface area contributed by atoms with E-state index in [1.165, 1.54) is 90.0 Å². The van der Waals surface area contributed by atoms with E-state index >= 15 is 0 Å². The number of ether oxygens (including phenoxy) is 4. The number of benzene rings is 15. The van der Waals surface area contributed by atoms with Gasteiger partial charge < -0.3 is 18.9 Å². The van der Waals surface area contributed by atoms with Crippen molar-refractivity contribution in [2.45, 2.75) is 144 Å². The topological polar surface area (TPSA) is 71.1 Å².